The van der Waals surface area contributed by atoms with Gasteiger partial charge in [0.15, 0.2) is 0 Å². The minimum absolute atomic E-state index is 0.633. The van der Waals surface area contributed by atoms with E-state index in [4.69, 9.17) is 5.73 Å². The molecule has 0 aromatic carbocycles. The first-order valence-electron chi connectivity index (χ1n) is 13.5. The van der Waals surface area contributed by atoms with Crippen LogP contribution in [-0.2, 0) is 0 Å². The van der Waals surface area contributed by atoms with Gasteiger partial charge in [-0.3, -0.25) is 0 Å². The fourth-order valence-corrected chi connectivity index (χ4v) is 9.67. The van der Waals surface area contributed by atoms with Crippen molar-refractivity contribution in [1.29, 1.82) is 0 Å². The van der Waals surface area contributed by atoms with Gasteiger partial charge in [-0.05, 0) is 123 Å². The lowest BCUT2D eigenvalue weighted by Gasteiger charge is -2.61. The van der Waals surface area contributed by atoms with Crippen molar-refractivity contribution in [3.8, 4) is 0 Å². The molecule has 4 rings (SSSR count). The molecule has 168 valence electrons. The summed E-state index contributed by atoms with van der Waals surface area (Å²) in [7, 11) is 0. The van der Waals surface area contributed by atoms with Crippen LogP contribution in [0.1, 0.15) is 112 Å². The number of hydrogen-bond acceptors (Lipinski definition) is 1. The van der Waals surface area contributed by atoms with E-state index in [1.54, 1.807) is 25.7 Å². The lowest BCUT2D eigenvalue weighted by molar-refractivity contribution is -0.114. The SMILES string of the molecule is CC(C)[C@H](CN)CC[C@@H](C)[C@H]1CC[C@H]2[C@@H]3CCC4CCCC[C@]4(C)[C@H]3CC[C@]12C. The third-order valence-electron chi connectivity index (χ3n) is 11.6. The zero-order valence-corrected chi connectivity index (χ0v) is 20.4. The monoisotopic (exact) mass is 401 g/mol. The Labute approximate surface area is 182 Å². The first-order chi connectivity index (χ1) is 13.8. The Bertz CT molecular complexity index is 555. The summed E-state index contributed by atoms with van der Waals surface area (Å²) < 4.78 is 0. The van der Waals surface area contributed by atoms with Crippen LogP contribution in [-0.4, -0.2) is 6.54 Å². The lowest BCUT2D eigenvalue weighted by Crippen LogP contribution is -2.53. The second-order valence-electron chi connectivity index (χ2n) is 12.9. The average molecular weight is 402 g/mol. The molecule has 4 fully saturated rings. The van der Waals surface area contributed by atoms with Crippen molar-refractivity contribution >= 4 is 0 Å². The molecule has 1 unspecified atom stereocenters. The van der Waals surface area contributed by atoms with Gasteiger partial charge in [-0.25, -0.2) is 0 Å². The summed E-state index contributed by atoms with van der Waals surface area (Å²) in [5, 5.41) is 0. The molecular formula is C28H51N. The van der Waals surface area contributed by atoms with Crippen LogP contribution in [0.15, 0.2) is 0 Å². The van der Waals surface area contributed by atoms with Gasteiger partial charge in [0.2, 0.25) is 0 Å². The van der Waals surface area contributed by atoms with Crippen LogP contribution >= 0.6 is 0 Å². The molecule has 4 saturated carbocycles. The molecule has 1 heteroatoms. The number of fused-ring (bicyclic) bond motifs is 5. The Balaban J connectivity index is 1.45. The topological polar surface area (TPSA) is 26.0 Å². The predicted molar refractivity (Wildman–Crippen MR) is 126 cm³/mol. The smallest absolute Gasteiger partial charge is 0.00464 e. The van der Waals surface area contributed by atoms with Gasteiger partial charge in [0.1, 0.15) is 0 Å². The molecule has 2 N–H and O–H groups in total. The highest BCUT2D eigenvalue weighted by atomic mass is 14.6. The van der Waals surface area contributed by atoms with Crippen molar-refractivity contribution in [3.63, 3.8) is 0 Å². The van der Waals surface area contributed by atoms with E-state index in [9.17, 15) is 0 Å². The fourth-order valence-electron chi connectivity index (χ4n) is 9.67. The summed E-state index contributed by atoms with van der Waals surface area (Å²) in [5.41, 5.74) is 7.41. The first-order valence-corrected chi connectivity index (χ1v) is 13.5. The Kier molecular flexibility index (Phi) is 6.48. The summed E-state index contributed by atoms with van der Waals surface area (Å²) >= 11 is 0. The van der Waals surface area contributed by atoms with E-state index in [2.05, 4.69) is 34.6 Å². The van der Waals surface area contributed by atoms with E-state index in [1.807, 2.05) is 0 Å². The van der Waals surface area contributed by atoms with Gasteiger partial charge in [-0.1, -0.05) is 53.9 Å². The van der Waals surface area contributed by atoms with Crippen molar-refractivity contribution in [2.45, 2.75) is 112 Å². The standard InChI is InChI=1S/C28H51N/c1-19(2)21(18-29)10-9-20(3)24-13-14-25-23-12-11-22-8-6-7-16-27(22,4)26(23)15-17-28(24,25)5/h19-26H,6-18,29H2,1-5H3/t20-,21+,22?,23+,24-,25+,26+,27+,28-/m1/s1. The molecule has 4 aliphatic carbocycles. The second kappa shape index (κ2) is 8.48. The van der Waals surface area contributed by atoms with E-state index < -0.39 is 0 Å². The quantitative estimate of drug-likeness (QED) is 0.485. The number of rotatable bonds is 6. The third kappa shape index (κ3) is 3.74. The summed E-state index contributed by atoms with van der Waals surface area (Å²) in [6.07, 6.45) is 18.1. The second-order valence-corrected chi connectivity index (χ2v) is 12.9. The lowest BCUT2D eigenvalue weighted by atomic mass is 9.44. The Morgan fingerprint density at radius 3 is 2.28 bits per heavy atom. The Hall–Kier alpha value is -0.0400. The van der Waals surface area contributed by atoms with E-state index in [0.29, 0.717) is 10.8 Å². The Morgan fingerprint density at radius 1 is 0.793 bits per heavy atom. The van der Waals surface area contributed by atoms with Crippen LogP contribution in [0.4, 0.5) is 0 Å². The molecule has 1 nitrogen and oxygen atoms in total. The van der Waals surface area contributed by atoms with E-state index in [-0.39, 0.29) is 0 Å². The van der Waals surface area contributed by atoms with Crippen molar-refractivity contribution in [2.75, 3.05) is 6.54 Å². The van der Waals surface area contributed by atoms with Gasteiger partial charge in [0, 0.05) is 0 Å². The highest BCUT2D eigenvalue weighted by Gasteiger charge is 2.60. The molecule has 0 saturated heterocycles. The van der Waals surface area contributed by atoms with Gasteiger partial charge in [0.25, 0.3) is 0 Å². The van der Waals surface area contributed by atoms with E-state index >= 15 is 0 Å². The number of hydrogen-bond donors (Lipinski definition) is 1. The summed E-state index contributed by atoms with van der Waals surface area (Å²) in [5.74, 6) is 7.51. The molecule has 0 amide bonds. The largest absolute Gasteiger partial charge is 0.330 e. The molecule has 0 aliphatic heterocycles. The van der Waals surface area contributed by atoms with Crippen molar-refractivity contribution < 1.29 is 0 Å². The van der Waals surface area contributed by atoms with Crippen LogP contribution < -0.4 is 5.73 Å². The molecule has 0 spiro atoms. The van der Waals surface area contributed by atoms with Crippen LogP contribution in [0, 0.1) is 58.2 Å². The van der Waals surface area contributed by atoms with Gasteiger partial charge < -0.3 is 5.73 Å². The minimum Gasteiger partial charge on any atom is -0.330 e. The van der Waals surface area contributed by atoms with Crippen molar-refractivity contribution in [2.24, 2.45) is 63.9 Å². The highest BCUT2D eigenvalue weighted by molar-refractivity contribution is 5.09. The fraction of sp³-hybridized carbons (Fsp3) is 1.00. The molecule has 0 heterocycles. The molecule has 9 atom stereocenters. The molecule has 29 heavy (non-hydrogen) atoms. The summed E-state index contributed by atoms with van der Waals surface area (Å²) in [6.45, 7) is 13.7. The van der Waals surface area contributed by atoms with E-state index in [0.717, 1.165) is 53.9 Å². The zero-order valence-electron chi connectivity index (χ0n) is 20.4. The summed E-state index contributed by atoms with van der Waals surface area (Å²) in [6, 6.07) is 0. The maximum Gasteiger partial charge on any atom is -0.00464 e. The molecule has 0 bridgehead atoms. The molecule has 4 aliphatic rings. The molecule has 0 aromatic heterocycles. The normalized spacial score (nSPS) is 46.7. The zero-order chi connectivity index (χ0) is 20.8. The first kappa shape index (κ1) is 22.2. The Morgan fingerprint density at radius 2 is 1.55 bits per heavy atom. The van der Waals surface area contributed by atoms with Crippen LogP contribution in [0.3, 0.4) is 0 Å². The van der Waals surface area contributed by atoms with Crippen LogP contribution in [0.2, 0.25) is 0 Å². The number of nitrogens with two attached hydrogens (primary N) is 1. The maximum atomic E-state index is 6.08. The molecular weight excluding hydrogens is 350 g/mol. The predicted octanol–water partition coefficient (Wildman–Crippen LogP) is 7.68. The van der Waals surface area contributed by atoms with Gasteiger partial charge in [-0.15, -0.1) is 0 Å². The van der Waals surface area contributed by atoms with Crippen LogP contribution in [0.25, 0.3) is 0 Å². The highest BCUT2D eigenvalue weighted by Crippen LogP contribution is 2.68. The van der Waals surface area contributed by atoms with Gasteiger partial charge >= 0.3 is 0 Å². The van der Waals surface area contributed by atoms with Gasteiger partial charge in [-0.2, -0.15) is 0 Å². The van der Waals surface area contributed by atoms with Crippen molar-refractivity contribution in [3.05, 3.63) is 0 Å². The molecule has 0 aromatic rings. The van der Waals surface area contributed by atoms with E-state index in [1.165, 1.54) is 51.4 Å². The summed E-state index contributed by atoms with van der Waals surface area (Å²) in [4.78, 5) is 0. The van der Waals surface area contributed by atoms with Crippen LogP contribution in [0.5, 0.6) is 0 Å². The average Bonchev–Trinajstić information content (AvgIpc) is 3.05. The minimum atomic E-state index is 0.633. The van der Waals surface area contributed by atoms with Crippen molar-refractivity contribution in [1.82, 2.24) is 0 Å². The maximum absolute atomic E-state index is 6.08. The van der Waals surface area contributed by atoms with Gasteiger partial charge in [0.05, 0.1) is 0 Å². The third-order valence-corrected chi connectivity index (χ3v) is 11.6. The molecule has 0 radical (unpaired) electrons.